The first-order valence-corrected chi connectivity index (χ1v) is 4.98. The summed E-state index contributed by atoms with van der Waals surface area (Å²) in [7, 11) is 0. The lowest BCUT2D eigenvalue weighted by Crippen LogP contribution is -2.28. The third-order valence-electron chi connectivity index (χ3n) is 1.89. The van der Waals surface area contributed by atoms with Crippen LogP contribution < -0.4 is 5.32 Å². The van der Waals surface area contributed by atoms with Gasteiger partial charge >= 0.3 is 0 Å². The first-order valence-electron chi connectivity index (χ1n) is 4.98. The van der Waals surface area contributed by atoms with Crippen molar-refractivity contribution in [2.24, 2.45) is 0 Å². The molecule has 1 atom stereocenters. The fraction of sp³-hybridized carbons (Fsp3) is 0.250. The molecule has 0 aromatic heterocycles. The van der Waals surface area contributed by atoms with Crippen molar-refractivity contribution in [3.05, 3.63) is 41.7 Å². The minimum atomic E-state index is -0.592. The summed E-state index contributed by atoms with van der Waals surface area (Å²) in [6, 6.07) is 6.18. The molecule has 86 valence electrons. The average Bonchev–Trinajstić information content (AvgIpc) is 2.25. The lowest BCUT2D eigenvalue weighted by atomic mass is 10.2. The van der Waals surface area contributed by atoms with E-state index in [1.807, 2.05) is 0 Å². The highest BCUT2D eigenvalue weighted by atomic mass is 19.1. The zero-order valence-electron chi connectivity index (χ0n) is 8.98. The smallest absolute Gasteiger partial charge is 0.244 e. The molecule has 4 heteroatoms. The van der Waals surface area contributed by atoms with Gasteiger partial charge in [0.15, 0.2) is 0 Å². The molecule has 0 saturated carbocycles. The molecule has 0 radical (unpaired) electrons. The number of hydrogen-bond donors (Lipinski definition) is 2. The van der Waals surface area contributed by atoms with E-state index in [1.165, 1.54) is 18.2 Å². The van der Waals surface area contributed by atoms with Crippen molar-refractivity contribution in [3.63, 3.8) is 0 Å². The number of carbonyl (C=O) groups excluding carboxylic acids is 1. The van der Waals surface area contributed by atoms with Crippen LogP contribution in [0.3, 0.4) is 0 Å². The molecule has 0 fully saturated rings. The van der Waals surface area contributed by atoms with Gasteiger partial charge < -0.3 is 10.4 Å². The Morgan fingerprint density at radius 3 is 2.88 bits per heavy atom. The van der Waals surface area contributed by atoms with Crippen LogP contribution in [0, 0.1) is 5.82 Å². The maximum absolute atomic E-state index is 13.1. The Morgan fingerprint density at radius 1 is 1.56 bits per heavy atom. The average molecular weight is 223 g/mol. The Bertz CT molecular complexity index is 388. The first kappa shape index (κ1) is 12.4. The summed E-state index contributed by atoms with van der Waals surface area (Å²) < 4.78 is 13.1. The Balaban J connectivity index is 2.54. The summed E-state index contributed by atoms with van der Waals surface area (Å²) in [4.78, 5) is 11.2. The summed E-state index contributed by atoms with van der Waals surface area (Å²) in [6.45, 7) is 1.75. The highest BCUT2D eigenvalue weighted by molar-refractivity contribution is 5.91. The molecule has 1 aromatic carbocycles. The molecule has 16 heavy (non-hydrogen) atoms. The minimum Gasteiger partial charge on any atom is -0.392 e. The minimum absolute atomic E-state index is 0.181. The third kappa shape index (κ3) is 4.23. The Labute approximate surface area is 93.6 Å². The monoisotopic (exact) mass is 223 g/mol. The number of aliphatic hydroxyl groups excluding tert-OH is 1. The molecule has 0 bridgehead atoms. The van der Waals surface area contributed by atoms with Crippen LogP contribution in [0.15, 0.2) is 30.3 Å². The van der Waals surface area contributed by atoms with E-state index in [1.54, 1.807) is 25.1 Å². The number of amides is 1. The van der Waals surface area contributed by atoms with Crippen molar-refractivity contribution < 1.29 is 14.3 Å². The molecule has 0 heterocycles. The predicted molar refractivity (Wildman–Crippen MR) is 60.1 cm³/mol. The van der Waals surface area contributed by atoms with E-state index in [-0.39, 0.29) is 18.3 Å². The molecule has 1 amide bonds. The number of benzene rings is 1. The van der Waals surface area contributed by atoms with Crippen LogP contribution in [-0.4, -0.2) is 23.7 Å². The van der Waals surface area contributed by atoms with Gasteiger partial charge in [0.25, 0.3) is 0 Å². The van der Waals surface area contributed by atoms with Gasteiger partial charge in [-0.1, -0.05) is 18.2 Å². The highest BCUT2D eigenvalue weighted by Crippen LogP contribution is 2.07. The lowest BCUT2D eigenvalue weighted by molar-refractivity contribution is -0.116. The SMILES string of the molecule is C[C@H](O)CNC(=O)/C=C/c1ccccc1F. The molecule has 0 saturated heterocycles. The molecule has 0 aliphatic carbocycles. The van der Waals surface area contributed by atoms with E-state index in [4.69, 9.17) is 5.11 Å². The van der Waals surface area contributed by atoms with Crippen LogP contribution in [0.2, 0.25) is 0 Å². The van der Waals surface area contributed by atoms with Gasteiger partial charge in [-0.3, -0.25) is 4.79 Å². The Kier molecular flexibility index (Phi) is 4.66. The molecule has 3 nitrogen and oxygen atoms in total. The van der Waals surface area contributed by atoms with Crippen molar-refractivity contribution in [2.45, 2.75) is 13.0 Å². The van der Waals surface area contributed by atoms with Crippen LogP contribution in [0.25, 0.3) is 6.08 Å². The highest BCUT2D eigenvalue weighted by Gasteiger charge is 1.99. The van der Waals surface area contributed by atoms with Gasteiger partial charge in [-0.2, -0.15) is 0 Å². The quantitative estimate of drug-likeness (QED) is 0.757. The number of carbonyl (C=O) groups is 1. The predicted octanol–water partition coefficient (Wildman–Crippen LogP) is 1.34. The maximum atomic E-state index is 13.1. The Hall–Kier alpha value is -1.68. The number of halogens is 1. The first-order chi connectivity index (χ1) is 7.59. The van der Waals surface area contributed by atoms with Crippen LogP contribution in [0.5, 0.6) is 0 Å². The second-order valence-corrected chi connectivity index (χ2v) is 3.45. The van der Waals surface area contributed by atoms with Crippen LogP contribution in [0.4, 0.5) is 4.39 Å². The van der Waals surface area contributed by atoms with Crippen molar-refractivity contribution >= 4 is 12.0 Å². The summed E-state index contributed by atoms with van der Waals surface area (Å²) >= 11 is 0. The zero-order valence-corrected chi connectivity index (χ0v) is 8.98. The zero-order chi connectivity index (χ0) is 12.0. The van der Waals surface area contributed by atoms with Crippen LogP contribution >= 0.6 is 0 Å². The Morgan fingerprint density at radius 2 is 2.25 bits per heavy atom. The molecular formula is C12H14FNO2. The van der Waals surface area contributed by atoms with E-state index >= 15 is 0 Å². The lowest BCUT2D eigenvalue weighted by Gasteiger charge is -2.03. The number of rotatable bonds is 4. The second kappa shape index (κ2) is 6.02. The van der Waals surface area contributed by atoms with Gasteiger partial charge in [0.2, 0.25) is 5.91 Å². The van der Waals surface area contributed by atoms with E-state index < -0.39 is 6.10 Å². The molecule has 1 rings (SSSR count). The second-order valence-electron chi connectivity index (χ2n) is 3.45. The topological polar surface area (TPSA) is 49.3 Å². The standard InChI is InChI=1S/C12H14FNO2/c1-9(15)8-14-12(16)7-6-10-4-2-3-5-11(10)13/h2-7,9,15H,8H2,1H3,(H,14,16)/b7-6+/t9-/m0/s1. The van der Waals surface area contributed by atoms with Crippen LogP contribution in [0.1, 0.15) is 12.5 Å². The van der Waals surface area contributed by atoms with Crippen molar-refractivity contribution in [2.75, 3.05) is 6.54 Å². The van der Waals surface area contributed by atoms with Gasteiger partial charge in [0.1, 0.15) is 5.82 Å². The molecule has 2 N–H and O–H groups in total. The van der Waals surface area contributed by atoms with Gasteiger partial charge in [-0.15, -0.1) is 0 Å². The number of nitrogens with one attached hydrogen (secondary N) is 1. The largest absolute Gasteiger partial charge is 0.392 e. The summed E-state index contributed by atoms with van der Waals surface area (Å²) in [5, 5.41) is 11.4. The van der Waals surface area contributed by atoms with Gasteiger partial charge in [-0.25, -0.2) is 4.39 Å². The van der Waals surface area contributed by atoms with E-state index in [0.717, 1.165) is 0 Å². The summed E-state index contributed by atoms with van der Waals surface area (Å²) in [5.74, 6) is -0.730. The molecule has 0 aliphatic heterocycles. The van der Waals surface area contributed by atoms with Gasteiger partial charge in [-0.05, 0) is 19.1 Å². The van der Waals surface area contributed by atoms with E-state index in [0.29, 0.717) is 5.56 Å². The molecule has 0 spiro atoms. The van der Waals surface area contributed by atoms with Crippen molar-refractivity contribution in [1.29, 1.82) is 0 Å². The molecule has 0 aliphatic rings. The molecular weight excluding hydrogens is 209 g/mol. The molecule has 1 aromatic rings. The van der Waals surface area contributed by atoms with Gasteiger partial charge in [0, 0.05) is 18.2 Å². The number of hydrogen-bond acceptors (Lipinski definition) is 2. The number of aliphatic hydroxyl groups is 1. The van der Waals surface area contributed by atoms with Gasteiger partial charge in [0.05, 0.1) is 6.10 Å². The van der Waals surface area contributed by atoms with E-state index in [9.17, 15) is 9.18 Å². The summed E-state index contributed by atoms with van der Waals surface area (Å²) in [5.41, 5.74) is 0.356. The normalized spacial score (nSPS) is 12.7. The maximum Gasteiger partial charge on any atom is 0.244 e. The van der Waals surface area contributed by atoms with Crippen LogP contribution in [-0.2, 0) is 4.79 Å². The fourth-order valence-corrected chi connectivity index (χ4v) is 1.08. The van der Waals surface area contributed by atoms with Crippen molar-refractivity contribution in [1.82, 2.24) is 5.32 Å². The van der Waals surface area contributed by atoms with E-state index in [2.05, 4.69) is 5.32 Å². The molecule has 0 unspecified atom stereocenters. The summed E-state index contributed by atoms with van der Waals surface area (Å²) in [6.07, 6.45) is 2.04. The fourth-order valence-electron chi connectivity index (χ4n) is 1.08. The van der Waals surface area contributed by atoms with Crippen molar-refractivity contribution in [3.8, 4) is 0 Å². The third-order valence-corrected chi connectivity index (χ3v) is 1.89.